The molecule has 1 N–H and O–H groups in total. The van der Waals surface area contributed by atoms with E-state index in [0.29, 0.717) is 29.0 Å². The van der Waals surface area contributed by atoms with Crippen LogP contribution >= 0.6 is 15.9 Å². The summed E-state index contributed by atoms with van der Waals surface area (Å²) in [5.41, 5.74) is 3.46. The number of ketones is 1. The molecule has 1 aliphatic rings. The van der Waals surface area contributed by atoms with E-state index in [2.05, 4.69) is 21.2 Å². The zero-order valence-electron chi connectivity index (χ0n) is 12.2. The molecule has 0 radical (unpaired) electrons. The number of anilines is 1. The van der Waals surface area contributed by atoms with Crippen LogP contribution in [-0.2, 0) is 11.2 Å². The van der Waals surface area contributed by atoms with Crippen LogP contribution in [0.3, 0.4) is 0 Å². The maximum absolute atomic E-state index is 12.9. The summed E-state index contributed by atoms with van der Waals surface area (Å²) in [4.78, 5) is 24.4. The lowest BCUT2D eigenvalue weighted by Crippen LogP contribution is -2.20. The van der Waals surface area contributed by atoms with Gasteiger partial charge in [0.05, 0.1) is 18.4 Å². The Bertz CT molecular complexity index is 799. The number of benzene rings is 2. The molecule has 1 aliphatic carbocycles. The fraction of sp³-hybridized carbons (Fsp3) is 0.176. The minimum Gasteiger partial charge on any atom is -0.495 e. The Morgan fingerprint density at radius 1 is 1.32 bits per heavy atom. The molecule has 0 saturated heterocycles. The summed E-state index contributed by atoms with van der Waals surface area (Å²) in [6.45, 7) is 1.41. The van der Waals surface area contributed by atoms with Crippen LogP contribution in [-0.4, -0.2) is 18.8 Å². The Morgan fingerprint density at radius 3 is 2.73 bits per heavy atom. The second-order valence-electron chi connectivity index (χ2n) is 5.13. The highest BCUT2D eigenvalue weighted by atomic mass is 79.9. The smallest absolute Gasteiger partial charge is 0.221 e. The largest absolute Gasteiger partial charge is 0.495 e. The Labute approximate surface area is 136 Å². The van der Waals surface area contributed by atoms with Gasteiger partial charge in [-0.3, -0.25) is 9.59 Å². The molecular formula is C17H14BrNO3. The minimum absolute atomic E-state index is 0.0970. The van der Waals surface area contributed by atoms with Gasteiger partial charge < -0.3 is 10.1 Å². The molecule has 0 aromatic heterocycles. The molecule has 0 aliphatic heterocycles. The minimum atomic E-state index is -0.241. The molecule has 5 heteroatoms. The lowest BCUT2D eigenvalue weighted by molar-refractivity contribution is -0.114. The number of halogens is 1. The number of ether oxygens (including phenoxy) is 1. The van der Waals surface area contributed by atoms with Gasteiger partial charge in [0.1, 0.15) is 5.75 Å². The van der Waals surface area contributed by atoms with E-state index in [9.17, 15) is 9.59 Å². The van der Waals surface area contributed by atoms with Crippen molar-refractivity contribution in [1.82, 2.24) is 0 Å². The van der Waals surface area contributed by atoms with E-state index in [4.69, 9.17) is 4.74 Å². The Balaban J connectivity index is 2.28. The number of carbonyl (C=O) groups excluding carboxylic acids is 2. The topological polar surface area (TPSA) is 55.4 Å². The SMILES string of the molecule is COc1cc(Br)c2c(c1NC(C)=O)C(=O)c1ccccc1C2. The van der Waals surface area contributed by atoms with Crippen molar-refractivity contribution in [2.24, 2.45) is 0 Å². The molecule has 3 rings (SSSR count). The molecule has 0 spiro atoms. The van der Waals surface area contributed by atoms with Crippen molar-refractivity contribution in [2.45, 2.75) is 13.3 Å². The predicted octanol–water partition coefficient (Wildman–Crippen LogP) is 3.55. The molecule has 0 heterocycles. The number of hydrogen-bond donors (Lipinski definition) is 1. The third kappa shape index (κ3) is 2.31. The monoisotopic (exact) mass is 359 g/mol. The first kappa shape index (κ1) is 14.8. The molecule has 0 saturated carbocycles. The highest BCUT2D eigenvalue weighted by molar-refractivity contribution is 9.10. The van der Waals surface area contributed by atoms with Gasteiger partial charge in [-0.1, -0.05) is 40.2 Å². The summed E-state index contributed by atoms with van der Waals surface area (Å²) in [5.74, 6) is 0.128. The molecule has 0 atom stereocenters. The standard InChI is InChI=1S/C17H14BrNO3/c1-9(20)19-16-14(22-2)8-13(18)12-7-10-5-3-4-6-11(10)17(21)15(12)16/h3-6,8H,7H2,1-2H3,(H,19,20). The fourth-order valence-electron chi connectivity index (χ4n) is 2.77. The summed E-state index contributed by atoms with van der Waals surface area (Å²) in [7, 11) is 1.51. The molecule has 2 aromatic carbocycles. The molecule has 1 amide bonds. The van der Waals surface area contributed by atoms with Crippen molar-refractivity contribution >= 4 is 33.3 Å². The quantitative estimate of drug-likeness (QED) is 0.761. The lowest BCUT2D eigenvalue weighted by Gasteiger charge is -2.24. The van der Waals surface area contributed by atoms with Crippen molar-refractivity contribution in [3.05, 3.63) is 57.1 Å². The van der Waals surface area contributed by atoms with Crippen LogP contribution in [0, 0.1) is 0 Å². The van der Waals surface area contributed by atoms with Crippen molar-refractivity contribution in [1.29, 1.82) is 0 Å². The Hall–Kier alpha value is -2.14. The molecular weight excluding hydrogens is 346 g/mol. The summed E-state index contributed by atoms with van der Waals surface area (Å²) in [6, 6.07) is 9.31. The van der Waals surface area contributed by atoms with E-state index < -0.39 is 0 Å². The Morgan fingerprint density at radius 2 is 2.05 bits per heavy atom. The van der Waals surface area contributed by atoms with E-state index in [1.807, 2.05) is 24.3 Å². The summed E-state index contributed by atoms with van der Waals surface area (Å²) < 4.78 is 6.13. The second kappa shape index (κ2) is 5.57. The molecule has 0 unspecified atom stereocenters. The van der Waals surface area contributed by atoms with Gasteiger partial charge in [0.2, 0.25) is 5.91 Å². The molecule has 22 heavy (non-hydrogen) atoms. The first-order valence-corrected chi connectivity index (χ1v) is 7.61. The highest BCUT2D eigenvalue weighted by Crippen LogP contribution is 2.41. The maximum atomic E-state index is 12.9. The third-order valence-electron chi connectivity index (χ3n) is 3.72. The van der Waals surface area contributed by atoms with Gasteiger partial charge in [-0.05, 0) is 17.2 Å². The van der Waals surface area contributed by atoms with Crippen molar-refractivity contribution in [3.8, 4) is 5.75 Å². The first-order chi connectivity index (χ1) is 10.5. The van der Waals surface area contributed by atoms with E-state index >= 15 is 0 Å². The first-order valence-electron chi connectivity index (χ1n) is 6.82. The number of nitrogens with one attached hydrogen (secondary N) is 1. The molecule has 0 bridgehead atoms. The number of hydrogen-bond acceptors (Lipinski definition) is 3. The summed E-state index contributed by atoms with van der Waals surface area (Å²) in [6.07, 6.45) is 0.633. The number of methoxy groups -OCH3 is 1. The van der Waals surface area contributed by atoms with Gasteiger partial charge in [0.15, 0.2) is 5.78 Å². The van der Waals surface area contributed by atoms with Gasteiger partial charge in [0, 0.05) is 23.4 Å². The highest BCUT2D eigenvalue weighted by Gasteiger charge is 2.30. The summed E-state index contributed by atoms with van der Waals surface area (Å²) >= 11 is 3.51. The normalized spacial score (nSPS) is 12.4. The molecule has 112 valence electrons. The molecule has 2 aromatic rings. The van der Waals surface area contributed by atoms with Crippen LogP contribution in [0.25, 0.3) is 0 Å². The van der Waals surface area contributed by atoms with Crippen molar-refractivity contribution in [2.75, 3.05) is 12.4 Å². The van der Waals surface area contributed by atoms with Crippen LogP contribution in [0.2, 0.25) is 0 Å². The number of amides is 1. The fourth-order valence-corrected chi connectivity index (χ4v) is 3.32. The van der Waals surface area contributed by atoms with Crippen LogP contribution < -0.4 is 10.1 Å². The lowest BCUT2D eigenvalue weighted by atomic mass is 9.84. The average Bonchev–Trinajstić information content (AvgIpc) is 2.49. The van der Waals surface area contributed by atoms with Gasteiger partial charge in [-0.15, -0.1) is 0 Å². The van der Waals surface area contributed by atoms with E-state index in [0.717, 1.165) is 15.6 Å². The zero-order valence-corrected chi connectivity index (χ0v) is 13.8. The summed E-state index contributed by atoms with van der Waals surface area (Å²) in [5, 5.41) is 2.74. The van der Waals surface area contributed by atoms with Crippen molar-refractivity contribution < 1.29 is 14.3 Å². The van der Waals surface area contributed by atoms with Gasteiger partial charge in [-0.25, -0.2) is 0 Å². The van der Waals surface area contributed by atoms with Gasteiger partial charge >= 0.3 is 0 Å². The third-order valence-corrected chi connectivity index (χ3v) is 4.43. The number of fused-ring (bicyclic) bond motifs is 2. The number of rotatable bonds is 2. The van der Waals surface area contributed by atoms with Crippen molar-refractivity contribution in [3.63, 3.8) is 0 Å². The van der Waals surface area contributed by atoms with E-state index in [1.54, 1.807) is 6.07 Å². The van der Waals surface area contributed by atoms with Crippen LogP contribution in [0.5, 0.6) is 5.75 Å². The van der Waals surface area contributed by atoms with Crippen LogP contribution in [0.4, 0.5) is 5.69 Å². The Kier molecular flexibility index (Phi) is 3.74. The molecule has 0 fully saturated rings. The molecule has 4 nitrogen and oxygen atoms in total. The van der Waals surface area contributed by atoms with Crippen LogP contribution in [0.1, 0.15) is 34.0 Å². The van der Waals surface area contributed by atoms with Gasteiger partial charge in [0.25, 0.3) is 0 Å². The maximum Gasteiger partial charge on any atom is 0.221 e. The second-order valence-corrected chi connectivity index (χ2v) is 5.99. The van der Waals surface area contributed by atoms with E-state index in [1.165, 1.54) is 14.0 Å². The van der Waals surface area contributed by atoms with E-state index in [-0.39, 0.29) is 11.7 Å². The van der Waals surface area contributed by atoms with Crippen LogP contribution in [0.15, 0.2) is 34.8 Å². The zero-order chi connectivity index (χ0) is 15.9. The number of carbonyl (C=O) groups is 2. The average molecular weight is 360 g/mol. The predicted molar refractivity (Wildman–Crippen MR) is 87.7 cm³/mol. The van der Waals surface area contributed by atoms with Gasteiger partial charge in [-0.2, -0.15) is 0 Å².